The van der Waals surface area contributed by atoms with Crippen molar-refractivity contribution in [2.75, 3.05) is 0 Å². The van der Waals surface area contributed by atoms with Crippen LogP contribution in [0.5, 0.6) is 0 Å². The van der Waals surface area contributed by atoms with Gasteiger partial charge in [0.15, 0.2) is 0 Å². The summed E-state index contributed by atoms with van der Waals surface area (Å²) in [5.41, 5.74) is 1.78. The van der Waals surface area contributed by atoms with E-state index in [0.717, 1.165) is 0 Å². The number of carbonyl (C=O) groups is 1. The van der Waals surface area contributed by atoms with Gasteiger partial charge in [0.05, 0.1) is 30.7 Å². The lowest BCUT2D eigenvalue weighted by atomic mass is 10.2. The first kappa shape index (κ1) is 12.3. The molecule has 1 heterocycles. The summed E-state index contributed by atoms with van der Waals surface area (Å²) in [5, 5.41) is 8.84. The molecule has 0 fully saturated rings. The third kappa shape index (κ3) is 2.56. The Balaban J connectivity index is 2.30. The molecule has 0 aliphatic carbocycles. The Morgan fingerprint density at radius 1 is 1.44 bits per heavy atom. The molecule has 1 aromatic carbocycles. The van der Waals surface area contributed by atoms with Crippen molar-refractivity contribution in [2.24, 2.45) is 0 Å². The van der Waals surface area contributed by atoms with Crippen molar-refractivity contribution in [3.8, 4) is 0 Å². The number of benzene rings is 1. The molecule has 0 bridgehead atoms. The maximum atomic E-state index is 13.5. The smallest absolute Gasteiger partial charge is 0.309 e. The van der Waals surface area contributed by atoms with Crippen LogP contribution in [0.1, 0.15) is 17.0 Å². The Hall–Kier alpha value is -2.17. The number of aryl methyl sites for hydroxylation is 1. The molecule has 0 atom stereocenters. The van der Waals surface area contributed by atoms with Gasteiger partial charge in [-0.3, -0.25) is 4.79 Å². The molecule has 94 valence electrons. The normalized spacial score (nSPS) is 10.6. The molecule has 0 amide bonds. The highest BCUT2D eigenvalue weighted by Crippen LogP contribution is 2.13. The molecule has 1 aromatic heterocycles. The standard InChI is InChI=1S/C13H13FN2O2/c1-9-12(6-13(17)18)16(8-15-9)7-10-4-2-3-5-11(10)14/h2-5,8H,6-7H2,1H3,(H,17,18). The van der Waals surface area contributed by atoms with Crippen LogP contribution in [-0.4, -0.2) is 20.6 Å². The summed E-state index contributed by atoms with van der Waals surface area (Å²) in [6, 6.07) is 6.43. The lowest BCUT2D eigenvalue weighted by molar-refractivity contribution is -0.136. The lowest BCUT2D eigenvalue weighted by Crippen LogP contribution is -2.10. The molecule has 4 nitrogen and oxygen atoms in total. The Morgan fingerprint density at radius 3 is 2.83 bits per heavy atom. The van der Waals surface area contributed by atoms with Crippen molar-refractivity contribution in [2.45, 2.75) is 19.9 Å². The topological polar surface area (TPSA) is 55.1 Å². The highest BCUT2D eigenvalue weighted by atomic mass is 19.1. The van der Waals surface area contributed by atoms with Gasteiger partial charge in [0.1, 0.15) is 5.82 Å². The zero-order chi connectivity index (χ0) is 13.1. The first-order valence-corrected chi connectivity index (χ1v) is 5.53. The van der Waals surface area contributed by atoms with Crippen molar-refractivity contribution in [3.63, 3.8) is 0 Å². The minimum absolute atomic E-state index is 0.111. The van der Waals surface area contributed by atoms with E-state index in [1.54, 1.807) is 36.0 Å². The monoisotopic (exact) mass is 248 g/mol. The molecule has 2 aromatic rings. The molecule has 18 heavy (non-hydrogen) atoms. The second-order valence-corrected chi connectivity index (χ2v) is 4.07. The van der Waals surface area contributed by atoms with Gasteiger partial charge in [-0.05, 0) is 13.0 Å². The summed E-state index contributed by atoms with van der Waals surface area (Å²) in [4.78, 5) is 14.8. The quantitative estimate of drug-likeness (QED) is 0.900. The molecule has 0 aliphatic rings. The zero-order valence-corrected chi connectivity index (χ0v) is 9.93. The van der Waals surface area contributed by atoms with Gasteiger partial charge >= 0.3 is 5.97 Å². The highest BCUT2D eigenvalue weighted by Gasteiger charge is 2.12. The molecule has 0 radical (unpaired) electrons. The number of rotatable bonds is 4. The summed E-state index contributed by atoms with van der Waals surface area (Å²) in [5.74, 6) is -1.22. The highest BCUT2D eigenvalue weighted by molar-refractivity contribution is 5.69. The van der Waals surface area contributed by atoms with Gasteiger partial charge in [0.2, 0.25) is 0 Å². The minimum atomic E-state index is -0.923. The lowest BCUT2D eigenvalue weighted by Gasteiger charge is -2.08. The van der Waals surface area contributed by atoms with Gasteiger partial charge < -0.3 is 9.67 Å². The Labute approximate surface area is 104 Å². The number of imidazole rings is 1. The number of halogens is 1. The molecule has 1 N–H and O–H groups in total. The number of hydrogen-bond donors (Lipinski definition) is 1. The maximum Gasteiger partial charge on any atom is 0.309 e. The van der Waals surface area contributed by atoms with Crippen LogP contribution in [0.15, 0.2) is 30.6 Å². The van der Waals surface area contributed by atoms with Gasteiger partial charge in [-0.25, -0.2) is 9.37 Å². The first-order chi connectivity index (χ1) is 8.58. The van der Waals surface area contributed by atoms with Crippen LogP contribution in [0.3, 0.4) is 0 Å². The molecule has 0 saturated carbocycles. The second-order valence-electron chi connectivity index (χ2n) is 4.07. The van der Waals surface area contributed by atoms with Crippen LogP contribution >= 0.6 is 0 Å². The summed E-state index contributed by atoms with van der Waals surface area (Å²) in [6.45, 7) is 2.03. The van der Waals surface area contributed by atoms with Gasteiger partial charge in [-0.1, -0.05) is 18.2 Å². The van der Waals surface area contributed by atoms with Gasteiger partial charge in [0.25, 0.3) is 0 Å². The van der Waals surface area contributed by atoms with E-state index in [2.05, 4.69) is 4.98 Å². The Bertz CT molecular complexity index is 578. The summed E-state index contributed by atoms with van der Waals surface area (Å²) in [7, 11) is 0. The molecular weight excluding hydrogens is 235 g/mol. The van der Waals surface area contributed by atoms with Crippen LogP contribution in [0.25, 0.3) is 0 Å². The van der Waals surface area contributed by atoms with Crippen molar-refractivity contribution >= 4 is 5.97 Å². The fraction of sp³-hybridized carbons (Fsp3) is 0.231. The van der Waals surface area contributed by atoms with E-state index in [4.69, 9.17) is 5.11 Å². The van der Waals surface area contributed by atoms with Crippen molar-refractivity contribution in [3.05, 3.63) is 53.4 Å². The van der Waals surface area contributed by atoms with Gasteiger partial charge in [-0.2, -0.15) is 0 Å². The number of carboxylic acids is 1. The molecule has 0 aliphatic heterocycles. The van der Waals surface area contributed by atoms with E-state index >= 15 is 0 Å². The number of aromatic nitrogens is 2. The Kier molecular flexibility index (Phi) is 3.41. The predicted octanol–water partition coefficient (Wildman–Crippen LogP) is 2.01. The summed E-state index contributed by atoms with van der Waals surface area (Å²) < 4.78 is 15.2. The Morgan fingerprint density at radius 2 is 2.17 bits per heavy atom. The van der Waals surface area contributed by atoms with E-state index in [1.807, 2.05) is 0 Å². The molecule has 5 heteroatoms. The largest absolute Gasteiger partial charge is 0.481 e. The third-order valence-corrected chi connectivity index (χ3v) is 2.77. The fourth-order valence-corrected chi connectivity index (χ4v) is 1.83. The average molecular weight is 248 g/mol. The van der Waals surface area contributed by atoms with Crippen LogP contribution in [0.2, 0.25) is 0 Å². The minimum Gasteiger partial charge on any atom is -0.481 e. The molecule has 0 saturated heterocycles. The number of carboxylic acid groups (broad SMARTS) is 1. The van der Waals surface area contributed by atoms with Crippen LogP contribution < -0.4 is 0 Å². The van der Waals surface area contributed by atoms with E-state index in [1.165, 1.54) is 6.07 Å². The predicted molar refractivity (Wildman–Crippen MR) is 63.8 cm³/mol. The summed E-state index contributed by atoms with van der Waals surface area (Å²) in [6.07, 6.45) is 1.43. The first-order valence-electron chi connectivity index (χ1n) is 5.53. The molecular formula is C13H13FN2O2. The van der Waals surface area contributed by atoms with E-state index < -0.39 is 5.97 Å². The number of hydrogen-bond acceptors (Lipinski definition) is 2. The van der Waals surface area contributed by atoms with Gasteiger partial charge in [0, 0.05) is 5.56 Å². The number of nitrogens with zero attached hydrogens (tertiary/aromatic N) is 2. The molecule has 2 rings (SSSR count). The zero-order valence-electron chi connectivity index (χ0n) is 9.93. The molecule has 0 spiro atoms. The second kappa shape index (κ2) is 5.00. The van der Waals surface area contributed by atoms with Gasteiger partial charge in [-0.15, -0.1) is 0 Å². The van der Waals surface area contributed by atoms with Crippen molar-refractivity contribution in [1.29, 1.82) is 0 Å². The average Bonchev–Trinajstić information content (AvgIpc) is 2.64. The SMILES string of the molecule is Cc1ncn(Cc2ccccc2F)c1CC(=O)O. The van der Waals surface area contributed by atoms with Crippen molar-refractivity contribution in [1.82, 2.24) is 9.55 Å². The third-order valence-electron chi connectivity index (χ3n) is 2.77. The fourth-order valence-electron chi connectivity index (χ4n) is 1.83. The van der Waals surface area contributed by atoms with Crippen molar-refractivity contribution < 1.29 is 14.3 Å². The van der Waals surface area contributed by atoms with E-state index in [-0.39, 0.29) is 18.8 Å². The van der Waals surface area contributed by atoms with Crippen LogP contribution in [-0.2, 0) is 17.8 Å². The summed E-state index contributed by atoms with van der Waals surface area (Å²) >= 11 is 0. The molecule has 0 unspecified atom stereocenters. The maximum absolute atomic E-state index is 13.5. The van der Waals surface area contributed by atoms with Crippen LogP contribution in [0, 0.1) is 12.7 Å². The van der Waals surface area contributed by atoms with E-state index in [9.17, 15) is 9.18 Å². The van der Waals surface area contributed by atoms with E-state index in [0.29, 0.717) is 17.0 Å². The van der Waals surface area contributed by atoms with Crippen LogP contribution in [0.4, 0.5) is 4.39 Å². The number of aliphatic carboxylic acids is 1.